The molecule has 1 amide bonds. The number of allylic oxidation sites excluding steroid dienone is 1. The number of fused-ring (bicyclic) bond motifs is 2. The van der Waals surface area contributed by atoms with Crippen LogP contribution in [0, 0.1) is 17.8 Å². The quantitative estimate of drug-likeness (QED) is 0.690. The molecule has 174 valence electrons. The second kappa shape index (κ2) is 8.54. The number of nitrogens with zero attached hydrogens (tertiary/aromatic N) is 1. The van der Waals surface area contributed by atoms with E-state index in [0.717, 1.165) is 26.1 Å². The monoisotopic (exact) mass is 440 g/mol. The highest BCUT2D eigenvalue weighted by atomic mass is 16.6. The molecule has 0 aromatic heterocycles. The lowest BCUT2D eigenvalue weighted by atomic mass is 9.68. The van der Waals surface area contributed by atoms with Crippen LogP contribution >= 0.6 is 0 Å². The number of aliphatic carboxylic acids is 1. The molecule has 1 aliphatic heterocycles. The number of amides is 1. The molecule has 3 unspecified atom stereocenters. The van der Waals surface area contributed by atoms with Gasteiger partial charge in [0.25, 0.3) is 0 Å². The number of hydrogen-bond donors (Lipinski definition) is 2. The number of likely N-dealkylation sites (tertiary alicyclic amines) is 1. The molecular weight excluding hydrogens is 404 g/mol. The summed E-state index contributed by atoms with van der Waals surface area (Å²) in [4.78, 5) is 26.4. The van der Waals surface area contributed by atoms with E-state index in [1.807, 2.05) is 20.8 Å². The van der Waals surface area contributed by atoms with Crippen molar-refractivity contribution < 1.29 is 19.4 Å². The molecule has 1 aromatic rings. The number of rotatable bonds is 6. The number of carbonyl (C=O) groups is 2. The van der Waals surface area contributed by atoms with E-state index in [1.165, 1.54) is 11.1 Å². The van der Waals surface area contributed by atoms with Crippen molar-refractivity contribution in [3.8, 4) is 0 Å². The third-order valence-electron chi connectivity index (χ3n) is 7.41. The van der Waals surface area contributed by atoms with Gasteiger partial charge in [0.2, 0.25) is 0 Å². The van der Waals surface area contributed by atoms with Crippen molar-refractivity contribution in [3.05, 3.63) is 41.5 Å². The first-order valence-corrected chi connectivity index (χ1v) is 11.8. The number of carboxylic acids is 1. The standard InChI is InChI=1S/C26H36N2O4/c1-17-16-28(14-12-26(17)11-9-18-7-5-6-8-21(18)26)13-10-19(23(29)30)20-15-22(20)27-24(31)32-25(2,3)4/h5-9,11,17,19-20,22H,10,12-16H2,1-4H3,(H,27,31)(H,29,30)/t17-,19?,20?,22?,26-/m0/s1. The number of alkyl carbamates (subject to hydrolysis) is 1. The third kappa shape index (κ3) is 4.70. The van der Waals surface area contributed by atoms with E-state index in [2.05, 4.69) is 53.6 Å². The van der Waals surface area contributed by atoms with Crippen molar-refractivity contribution in [2.75, 3.05) is 19.6 Å². The maximum atomic E-state index is 12.0. The van der Waals surface area contributed by atoms with E-state index in [4.69, 9.17) is 4.74 Å². The Morgan fingerprint density at radius 3 is 2.75 bits per heavy atom. The van der Waals surface area contributed by atoms with Crippen molar-refractivity contribution in [2.45, 2.75) is 64.0 Å². The van der Waals surface area contributed by atoms with E-state index in [-0.39, 0.29) is 17.4 Å². The van der Waals surface area contributed by atoms with Crippen LogP contribution in [-0.4, -0.2) is 53.3 Å². The van der Waals surface area contributed by atoms with Gasteiger partial charge >= 0.3 is 12.1 Å². The molecule has 1 saturated heterocycles. The number of ether oxygens (including phenoxy) is 1. The van der Waals surface area contributed by atoms with E-state index >= 15 is 0 Å². The van der Waals surface area contributed by atoms with Gasteiger partial charge in [0, 0.05) is 18.0 Å². The van der Waals surface area contributed by atoms with Gasteiger partial charge < -0.3 is 20.1 Å². The molecular formula is C26H36N2O4. The Hall–Kier alpha value is -2.34. The number of carboxylic acid groups (broad SMARTS) is 1. The van der Waals surface area contributed by atoms with Crippen LogP contribution in [0.2, 0.25) is 0 Å². The van der Waals surface area contributed by atoms with E-state index in [0.29, 0.717) is 18.8 Å². The molecule has 4 rings (SSSR count). The highest BCUT2D eigenvalue weighted by Gasteiger charge is 2.48. The molecule has 5 atom stereocenters. The Morgan fingerprint density at radius 1 is 1.31 bits per heavy atom. The number of nitrogens with one attached hydrogen (secondary N) is 1. The highest BCUT2D eigenvalue weighted by Crippen LogP contribution is 2.47. The van der Waals surface area contributed by atoms with Crippen LogP contribution in [0.5, 0.6) is 0 Å². The molecule has 1 heterocycles. The third-order valence-corrected chi connectivity index (χ3v) is 7.41. The lowest BCUT2D eigenvalue weighted by Gasteiger charge is -2.44. The summed E-state index contributed by atoms with van der Waals surface area (Å²) in [6.07, 6.45) is 6.56. The van der Waals surface area contributed by atoms with Crippen molar-refractivity contribution >= 4 is 18.1 Å². The zero-order chi connectivity index (χ0) is 23.1. The number of piperidine rings is 1. The van der Waals surface area contributed by atoms with Gasteiger partial charge in [0.05, 0.1) is 5.92 Å². The summed E-state index contributed by atoms with van der Waals surface area (Å²) in [5, 5.41) is 12.6. The molecule has 2 aliphatic carbocycles. The van der Waals surface area contributed by atoms with Gasteiger partial charge in [-0.2, -0.15) is 0 Å². The molecule has 3 aliphatic rings. The molecule has 6 heteroatoms. The summed E-state index contributed by atoms with van der Waals surface area (Å²) in [5.74, 6) is -0.744. The molecule has 2 fully saturated rings. The summed E-state index contributed by atoms with van der Waals surface area (Å²) >= 11 is 0. The average Bonchev–Trinajstić information content (AvgIpc) is 3.33. The van der Waals surface area contributed by atoms with Gasteiger partial charge in [0.15, 0.2) is 0 Å². The maximum Gasteiger partial charge on any atom is 0.407 e. The Bertz CT molecular complexity index is 905. The number of hydrogen-bond acceptors (Lipinski definition) is 4. The average molecular weight is 441 g/mol. The topological polar surface area (TPSA) is 78.9 Å². The first-order chi connectivity index (χ1) is 15.1. The minimum absolute atomic E-state index is 0.0155. The Balaban J connectivity index is 1.29. The van der Waals surface area contributed by atoms with Gasteiger partial charge in [-0.15, -0.1) is 0 Å². The normalized spacial score (nSPS) is 30.1. The van der Waals surface area contributed by atoms with Crippen molar-refractivity contribution in [3.63, 3.8) is 0 Å². The zero-order valence-corrected chi connectivity index (χ0v) is 19.6. The van der Waals surface area contributed by atoms with Crippen LogP contribution in [0.1, 0.15) is 58.1 Å². The van der Waals surface area contributed by atoms with E-state index in [9.17, 15) is 14.7 Å². The Labute approximate surface area is 191 Å². The smallest absolute Gasteiger partial charge is 0.407 e. The molecule has 1 spiro atoms. The predicted molar refractivity (Wildman–Crippen MR) is 124 cm³/mol. The lowest BCUT2D eigenvalue weighted by molar-refractivity contribution is -0.143. The van der Waals surface area contributed by atoms with Crippen LogP contribution in [0.3, 0.4) is 0 Å². The molecule has 32 heavy (non-hydrogen) atoms. The highest BCUT2D eigenvalue weighted by molar-refractivity contribution is 5.72. The van der Waals surface area contributed by atoms with Gasteiger partial charge in [-0.25, -0.2) is 4.79 Å². The van der Waals surface area contributed by atoms with Crippen molar-refractivity contribution in [1.29, 1.82) is 0 Å². The van der Waals surface area contributed by atoms with Gasteiger partial charge in [-0.3, -0.25) is 4.79 Å². The Kier molecular flexibility index (Phi) is 6.10. The summed E-state index contributed by atoms with van der Waals surface area (Å²) < 4.78 is 5.30. The van der Waals surface area contributed by atoms with Crippen LogP contribution in [0.25, 0.3) is 6.08 Å². The molecule has 6 nitrogen and oxygen atoms in total. The van der Waals surface area contributed by atoms with Crippen molar-refractivity contribution in [1.82, 2.24) is 10.2 Å². The fourth-order valence-electron chi connectivity index (χ4n) is 5.60. The maximum absolute atomic E-state index is 12.0. The molecule has 0 radical (unpaired) electrons. The fourth-order valence-corrected chi connectivity index (χ4v) is 5.60. The molecule has 1 aromatic carbocycles. The van der Waals surface area contributed by atoms with Gasteiger partial charge in [-0.1, -0.05) is 43.3 Å². The first-order valence-electron chi connectivity index (χ1n) is 11.8. The minimum atomic E-state index is -0.766. The molecule has 2 N–H and O–H groups in total. The summed E-state index contributed by atoms with van der Waals surface area (Å²) in [6, 6.07) is 8.56. The molecule has 0 bridgehead atoms. The zero-order valence-electron chi connectivity index (χ0n) is 19.6. The summed E-state index contributed by atoms with van der Waals surface area (Å²) in [5.41, 5.74) is 2.32. The SMILES string of the molecule is C[C@H]1CN(CCC(C(=O)O)C2CC2NC(=O)OC(C)(C)C)CC[C@@]12C=Cc1ccccc12. The van der Waals surface area contributed by atoms with Crippen LogP contribution < -0.4 is 5.32 Å². The fraction of sp³-hybridized carbons (Fsp3) is 0.615. The summed E-state index contributed by atoms with van der Waals surface area (Å²) in [7, 11) is 0. The Morgan fingerprint density at radius 2 is 2.06 bits per heavy atom. The lowest BCUT2D eigenvalue weighted by Crippen LogP contribution is -2.48. The van der Waals surface area contributed by atoms with E-state index < -0.39 is 23.6 Å². The van der Waals surface area contributed by atoms with Gasteiger partial charge in [0.1, 0.15) is 5.60 Å². The van der Waals surface area contributed by atoms with Crippen LogP contribution in [-0.2, 0) is 14.9 Å². The predicted octanol–water partition coefficient (Wildman–Crippen LogP) is 4.30. The van der Waals surface area contributed by atoms with Crippen molar-refractivity contribution in [2.24, 2.45) is 17.8 Å². The van der Waals surface area contributed by atoms with Gasteiger partial charge in [-0.05, 0) is 76.1 Å². The first kappa shape index (κ1) is 22.8. The second-order valence-corrected chi connectivity index (χ2v) is 10.8. The van der Waals surface area contributed by atoms with Crippen LogP contribution in [0.4, 0.5) is 4.79 Å². The number of benzene rings is 1. The largest absolute Gasteiger partial charge is 0.481 e. The second-order valence-electron chi connectivity index (χ2n) is 10.8. The summed E-state index contributed by atoms with van der Waals surface area (Å²) in [6.45, 7) is 10.5. The van der Waals surface area contributed by atoms with Crippen LogP contribution in [0.15, 0.2) is 30.3 Å². The van der Waals surface area contributed by atoms with E-state index in [1.54, 1.807) is 0 Å². The number of carbonyl (C=O) groups excluding carboxylic acids is 1. The molecule has 1 saturated carbocycles. The minimum Gasteiger partial charge on any atom is -0.481 e.